The highest BCUT2D eigenvalue weighted by atomic mass is 16.6. The Morgan fingerprint density at radius 2 is 0.644 bits per heavy atom. The van der Waals surface area contributed by atoms with E-state index in [0.29, 0.717) is 19.3 Å². The number of hydrogen-bond donors (Lipinski definition) is 0. The maximum Gasteiger partial charge on any atom is 0.306 e. The summed E-state index contributed by atoms with van der Waals surface area (Å²) >= 11 is 0. The molecule has 0 amide bonds. The van der Waals surface area contributed by atoms with Gasteiger partial charge in [0, 0.05) is 19.3 Å². The van der Waals surface area contributed by atoms with Crippen LogP contribution in [0.4, 0.5) is 0 Å². The van der Waals surface area contributed by atoms with Crippen molar-refractivity contribution in [2.24, 2.45) is 11.8 Å². The maximum atomic E-state index is 12.8. The number of carbonyl (C=O) groups excluding carboxylic acids is 3. The number of carbonyl (C=O) groups is 3. The Labute approximate surface area is 368 Å². The van der Waals surface area contributed by atoms with Gasteiger partial charge in [0.2, 0.25) is 0 Å². The van der Waals surface area contributed by atoms with Crippen LogP contribution in [-0.2, 0) is 28.6 Å². The second-order valence-electron chi connectivity index (χ2n) is 18.9. The van der Waals surface area contributed by atoms with Gasteiger partial charge in [0.05, 0.1) is 0 Å². The fraction of sp³-hybridized carbons (Fsp3) is 0.943. The van der Waals surface area contributed by atoms with Gasteiger partial charge in [-0.25, -0.2) is 0 Å². The van der Waals surface area contributed by atoms with Crippen LogP contribution in [0.3, 0.4) is 0 Å². The van der Waals surface area contributed by atoms with Crippen LogP contribution in [-0.4, -0.2) is 37.2 Å². The molecule has 0 aliphatic heterocycles. The van der Waals surface area contributed by atoms with E-state index < -0.39 is 6.10 Å². The minimum absolute atomic E-state index is 0.0637. The first-order valence-corrected chi connectivity index (χ1v) is 26.3. The highest BCUT2D eigenvalue weighted by Gasteiger charge is 2.19. The van der Waals surface area contributed by atoms with Gasteiger partial charge in [-0.1, -0.05) is 253 Å². The fourth-order valence-corrected chi connectivity index (χ4v) is 7.96. The molecule has 0 N–H and O–H groups in total. The van der Waals surface area contributed by atoms with E-state index >= 15 is 0 Å². The maximum absolute atomic E-state index is 12.8. The first-order valence-electron chi connectivity index (χ1n) is 26.3. The van der Waals surface area contributed by atoms with Crippen molar-refractivity contribution < 1.29 is 28.6 Å². The molecule has 59 heavy (non-hydrogen) atoms. The van der Waals surface area contributed by atoms with Gasteiger partial charge in [0.15, 0.2) is 6.10 Å². The lowest BCUT2D eigenvalue weighted by molar-refractivity contribution is -0.167. The zero-order valence-electron chi connectivity index (χ0n) is 40.4. The molecular formula is C53H102O6. The van der Waals surface area contributed by atoms with Crippen molar-refractivity contribution in [2.75, 3.05) is 13.2 Å². The lowest BCUT2D eigenvalue weighted by Crippen LogP contribution is -2.30. The molecule has 0 aromatic rings. The van der Waals surface area contributed by atoms with Crippen LogP contribution < -0.4 is 0 Å². The molecule has 0 aliphatic carbocycles. The highest BCUT2D eigenvalue weighted by Crippen LogP contribution is 2.18. The molecule has 0 bridgehead atoms. The molecule has 350 valence electrons. The number of ether oxygens (including phenoxy) is 3. The molecule has 0 spiro atoms. The van der Waals surface area contributed by atoms with Crippen molar-refractivity contribution in [1.29, 1.82) is 0 Å². The van der Waals surface area contributed by atoms with Crippen LogP contribution in [0.25, 0.3) is 0 Å². The monoisotopic (exact) mass is 835 g/mol. The molecule has 0 heterocycles. The summed E-state index contributed by atoms with van der Waals surface area (Å²) in [6.45, 7) is 11.4. The quantitative estimate of drug-likeness (QED) is 0.0345. The van der Waals surface area contributed by atoms with Crippen LogP contribution in [0.5, 0.6) is 0 Å². The van der Waals surface area contributed by atoms with Crippen molar-refractivity contribution in [3.63, 3.8) is 0 Å². The first-order chi connectivity index (χ1) is 28.8. The topological polar surface area (TPSA) is 78.9 Å². The molecule has 0 aliphatic rings. The van der Waals surface area contributed by atoms with Crippen LogP contribution in [0.15, 0.2) is 0 Å². The number of unbranched alkanes of at least 4 members (excludes halogenated alkanes) is 31. The predicted octanol–water partition coefficient (Wildman–Crippen LogP) is 16.9. The third kappa shape index (κ3) is 45.8. The number of esters is 3. The Bertz CT molecular complexity index is 902. The largest absolute Gasteiger partial charge is 0.462 e. The van der Waals surface area contributed by atoms with E-state index in [1.807, 2.05) is 0 Å². The lowest BCUT2D eigenvalue weighted by Gasteiger charge is -2.18. The van der Waals surface area contributed by atoms with Gasteiger partial charge in [-0.05, 0) is 31.1 Å². The van der Waals surface area contributed by atoms with E-state index in [9.17, 15) is 14.4 Å². The van der Waals surface area contributed by atoms with Crippen LogP contribution in [0, 0.1) is 11.8 Å². The van der Waals surface area contributed by atoms with E-state index in [0.717, 1.165) is 69.6 Å². The SMILES string of the molecule is CCCCCCCCCCCCCCCCC(=O)OC[C@H](COC(=O)CCCCCCCCCCC(C)CC)OC(=O)CCCCCCCCCCCCCCC(C)C. The fourth-order valence-electron chi connectivity index (χ4n) is 7.96. The van der Waals surface area contributed by atoms with Crippen molar-refractivity contribution in [2.45, 2.75) is 298 Å². The Kier molecular flexibility index (Phi) is 44.7. The lowest BCUT2D eigenvalue weighted by atomic mass is 9.99. The average molecular weight is 835 g/mol. The molecule has 0 rings (SSSR count). The second kappa shape index (κ2) is 45.9. The second-order valence-corrected chi connectivity index (χ2v) is 18.9. The summed E-state index contributed by atoms with van der Waals surface area (Å²) in [5.74, 6) is 0.832. The molecule has 1 unspecified atom stereocenters. The van der Waals surface area contributed by atoms with Gasteiger partial charge in [0.1, 0.15) is 13.2 Å². The van der Waals surface area contributed by atoms with E-state index in [1.54, 1.807) is 0 Å². The van der Waals surface area contributed by atoms with Gasteiger partial charge >= 0.3 is 17.9 Å². The van der Waals surface area contributed by atoms with Crippen LogP contribution >= 0.6 is 0 Å². The molecule has 0 saturated heterocycles. The molecule has 0 fully saturated rings. The Morgan fingerprint density at radius 3 is 0.966 bits per heavy atom. The molecule has 0 saturated carbocycles. The summed E-state index contributed by atoms with van der Waals surface area (Å²) in [6.07, 6.45) is 46.5. The third-order valence-corrected chi connectivity index (χ3v) is 12.3. The van der Waals surface area contributed by atoms with Crippen LogP contribution in [0.1, 0.15) is 291 Å². The molecule has 2 atom stereocenters. The minimum Gasteiger partial charge on any atom is -0.462 e. The molecule has 6 nitrogen and oxygen atoms in total. The van der Waals surface area contributed by atoms with E-state index in [4.69, 9.17) is 14.2 Å². The van der Waals surface area contributed by atoms with Crippen molar-refractivity contribution in [1.82, 2.24) is 0 Å². The smallest absolute Gasteiger partial charge is 0.306 e. The zero-order valence-corrected chi connectivity index (χ0v) is 40.4. The van der Waals surface area contributed by atoms with Crippen LogP contribution in [0.2, 0.25) is 0 Å². The normalized spacial score (nSPS) is 12.5. The number of hydrogen-bond acceptors (Lipinski definition) is 6. The summed E-state index contributed by atoms with van der Waals surface area (Å²) in [5, 5.41) is 0. The standard InChI is InChI=1S/C53H102O6/c1-6-8-9-10-11-12-13-14-15-19-22-28-33-38-43-51(54)57-46-50(47-58-52(55)44-39-34-29-25-24-27-32-37-42-49(5)7-2)59-53(56)45-40-35-30-23-20-17-16-18-21-26-31-36-41-48(3)4/h48-50H,6-47H2,1-5H3/t49?,50-/m1/s1. The molecule has 6 heteroatoms. The molecule has 0 radical (unpaired) electrons. The van der Waals surface area contributed by atoms with E-state index in [1.165, 1.54) is 180 Å². The summed E-state index contributed by atoms with van der Waals surface area (Å²) < 4.78 is 16.8. The summed E-state index contributed by atoms with van der Waals surface area (Å²) in [4.78, 5) is 38.0. The minimum atomic E-state index is -0.762. The first kappa shape index (κ1) is 57.4. The molecule has 0 aromatic carbocycles. The van der Waals surface area contributed by atoms with Crippen molar-refractivity contribution in [3.8, 4) is 0 Å². The van der Waals surface area contributed by atoms with Gasteiger partial charge in [-0.2, -0.15) is 0 Å². The summed E-state index contributed by atoms with van der Waals surface area (Å²) in [6, 6.07) is 0. The van der Waals surface area contributed by atoms with Gasteiger partial charge < -0.3 is 14.2 Å². The number of rotatable bonds is 47. The summed E-state index contributed by atoms with van der Waals surface area (Å²) in [7, 11) is 0. The molecular weight excluding hydrogens is 733 g/mol. The Hall–Kier alpha value is -1.59. The van der Waals surface area contributed by atoms with E-state index in [2.05, 4.69) is 34.6 Å². The average Bonchev–Trinajstić information content (AvgIpc) is 3.22. The Balaban J connectivity index is 4.32. The zero-order chi connectivity index (χ0) is 43.3. The van der Waals surface area contributed by atoms with E-state index in [-0.39, 0.29) is 31.1 Å². The van der Waals surface area contributed by atoms with Crippen molar-refractivity contribution >= 4 is 17.9 Å². The van der Waals surface area contributed by atoms with Crippen molar-refractivity contribution in [3.05, 3.63) is 0 Å². The third-order valence-electron chi connectivity index (χ3n) is 12.3. The van der Waals surface area contributed by atoms with Gasteiger partial charge in [0.25, 0.3) is 0 Å². The summed E-state index contributed by atoms with van der Waals surface area (Å²) in [5.41, 5.74) is 0. The Morgan fingerprint density at radius 1 is 0.356 bits per heavy atom. The molecule has 0 aromatic heterocycles. The predicted molar refractivity (Wildman–Crippen MR) is 252 cm³/mol. The van der Waals surface area contributed by atoms with Gasteiger partial charge in [-0.15, -0.1) is 0 Å². The van der Waals surface area contributed by atoms with Gasteiger partial charge in [-0.3, -0.25) is 14.4 Å². The highest BCUT2D eigenvalue weighted by molar-refractivity contribution is 5.71.